The number of anilines is 1. The van der Waals surface area contributed by atoms with E-state index in [4.69, 9.17) is 4.99 Å². The van der Waals surface area contributed by atoms with Crippen LogP contribution in [-0.2, 0) is 9.84 Å². The summed E-state index contributed by atoms with van der Waals surface area (Å²) in [4.78, 5) is 13.0. The molecule has 0 spiro atoms. The molecule has 1 atom stereocenters. The van der Waals surface area contributed by atoms with Crippen LogP contribution in [0.15, 0.2) is 23.3 Å². The molecule has 27 heavy (non-hydrogen) atoms. The molecule has 3 heterocycles. The van der Waals surface area contributed by atoms with E-state index in [0.717, 1.165) is 5.96 Å². The maximum atomic E-state index is 14.0. The van der Waals surface area contributed by atoms with Crippen LogP contribution in [0.25, 0.3) is 0 Å². The molecule has 1 unspecified atom stereocenters. The van der Waals surface area contributed by atoms with E-state index in [0.29, 0.717) is 45.0 Å². The summed E-state index contributed by atoms with van der Waals surface area (Å²) in [6.07, 6.45) is 2.29. The average molecular weight is 398 g/mol. The van der Waals surface area contributed by atoms with Crippen molar-refractivity contribution in [3.05, 3.63) is 24.1 Å². The van der Waals surface area contributed by atoms with Gasteiger partial charge in [0, 0.05) is 45.0 Å². The molecule has 0 saturated carbocycles. The Balaban J connectivity index is 1.62. The number of pyridine rings is 1. The lowest BCUT2D eigenvalue weighted by Gasteiger charge is -2.37. The highest BCUT2D eigenvalue weighted by molar-refractivity contribution is 7.91. The van der Waals surface area contributed by atoms with Gasteiger partial charge in [0.15, 0.2) is 27.4 Å². The number of nitrogens with one attached hydrogen (secondary N) is 1. The lowest BCUT2D eigenvalue weighted by molar-refractivity contribution is 0.364. The number of halogens is 1. The van der Waals surface area contributed by atoms with Crippen LogP contribution in [-0.4, -0.2) is 74.5 Å². The van der Waals surface area contributed by atoms with Crippen molar-refractivity contribution in [2.24, 2.45) is 10.9 Å². The van der Waals surface area contributed by atoms with Gasteiger partial charge in [-0.2, -0.15) is 0 Å². The van der Waals surface area contributed by atoms with Gasteiger partial charge in [-0.3, -0.25) is 4.99 Å². The molecule has 0 amide bonds. The first kappa shape index (κ1) is 19.9. The van der Waals surface area contributed by atoms with Gasteiger partial charge < -0.3 is 15.1 Å². The van der Waals surface area contributed by atoms with E-state index in [2.05, 4.69) is 29.0 Å². The van der Waals surface area contributed by atoms with Gasteiger partial charge in [-0.1, -0.05) is 0 Å². The summed E-state index contributed by atoms with van der Waals surface area (Å²) in [5.41, 5.74) is 0. The summed E-state index contributed by atoms with van der Waals surface area (Å²) in [5, 5.41) is 3.38. The topological polar surface area (TPSA) is 77.9 Å². The molecule has 2 fully saturated rings. The van der Waals surface area contributed by atoms with E-state index >= 15 is 0 Å². The van der Waals surface area contributed by atoms with Crippen LogP contribution in [0, 0.1) is 11.7 Å². The number of nitrogens with zero attached hydrogens (tertiary/aromatic N) is 4. The van der Waals surface area contributed by atoms with Crippen LogP contribution < -0.4 is 10.2 Å². The van der Waals surface area contributed by atoms with Crippen LogP contribution in [0.2, 0.25) is 0 Å². The number of guanidine groups is 1. The van der Waals surface area contributed by atoms with Crippen LogP contribution in [0.4, 0.5) is 10.2 Å². The molecular formula is C18H28FN5O2S. The lowest BCUT2D eigenvalue weighted by atomic mass is 10.1. The third-order valence-corrected chi connectivity index (χ3v) is 6.70. The van der Waals surface area contributed by atoms with Crippen molar-refractivity contribution in [2.45, 2.75) is 26.3 Å². The Bertz CT molecular complexity index is 776. The molecule has 9 heteroatoms. The van der Waals surface area contributed by atoms with E-state index < -0.39 is 9.84 Å². The van der Waals surface area contributed by atoms with Gasteiger partial charge in [-0.05, 0) is 38.3 Å². The van der Waals surface area contributed by atoms with Crippen molar-refractivity contribution < 1.29 is 12.8 Å². The van der Waals surface area contributed by atoms with E-state index in [9.17, 15) is 12.8 Å². The lowest BCUT2D eigenvalue weighted by Crippen LogP contribution is -2.54. The molecule has 2 aliphatic rings. The first-order chi connectivity index (χ1) is 12.8. The second-order valence-electron chi connectivity index (χ2n) is 7.52. The van der Waals surface area contributed by atoms with Crippen LogP contribution in [0.5, 0.6) is 0 Å². The minimum absolute atomic E-state index is 0.0999. The Morgan fingerprint density at radius 1 is 1.37 bits per heavy atom. The van der Waals surface area contributed by atoms with E-state index in [1.807, 2.05) is 4.90 Å². The monoisotopic (exact) mass is 397 g/mol. The normalized spacial score (nSPS) is 23.1. The number of rotatable bonds is 4. The fourth-order valence-corrected chi connectivity index (χ4v) is 5.32. The Kier molecular flexibility index (Phi) is 6.18. The molecule has 0 aliphatic carbocycles. The molecule has 3 rings (SSSR count). The first-order valence-electron chi connectivity index (χ1n) is 9.46. The van der Waals surface area contributed by atoms with Gasteiger partial charge in [0.25, 0.3) is 0 Å². The summed E-state index contributed by atoms with van der Waals surface area (Å²) >= 11 is 0. The highest BCUT2D eigenvalue weighted by atomic mass is 32.2. The maximum Gasteiger partial charge on any atom is 0.194 e. The van der Waals surface area contributed by atoms with Crippen LogP contribution in [0.1, 0.15) is 20.3 Å². The van der Waals surface area contributed by atoms with Crippen molar-refractivity contribution in [2.75, 3.05) is 49.1 Å². The van der Waals surface area contributed by atoms with E-state index in [-0.39, 0.29) is 29.3 Å². The third-order valence-electron chi connectivity index (χ3n) is 4.86. The summed E-state index contributed by atoms with van der Waals surface area (Å²) in [6, 6.07) is 3.25. The van der Waals surface area contributed by atoms with Gasteiger partial charge in [0.2, 0.25) is 0 Å². The number of aromatic nitrogens is 1. The molecule has 1 aromatic heterocycles. The Morgan fingerprint density at radius 2 is 2.11 bits per heavy atom. The molecule has 0 radical (unpaired) electrons. The molecule has 0 bridgehead atoms. The highest BCUT2D eigenvalue weighted by Gasteiger charge is 2.28. The molecule has 1 N–H and O–H groups in total. The number of aliphatic imine (C=N–C) groups is 1. The summed E-state index contributed by atoms with van der Waals surface area (Å²) in [6.45, 7) is 7.34. The second-order valence-corrected chi connectivity index (χ2v) is 9.74. The van der Waals surface area contributed by atoms with Gasteiger partial charge in [0.05, 0.1) is 11.5 Å². The third kappa shape index (κ3) is 5.31. The molecule has 2 aliphatic heterocycles. The highest BCUT2D eigenvalue weighted by Crippen LogP contribution is 2.19. The van der Waals surface area contributed by atoms with Gasteiger partial charge in [0.1, 0.15) is 0 Å². The minimum Gasteiger partial charge on any atom is -0.354 e. The number of hydrogen-bond donors (Lipinski definition) is 1. The molecule has 0 aromatic carbocycles. The first-order valence-corrected chi connectivity index (χ1v) is 11.3. The van der Waals surface area contributed by atoms with Crippen LogP contribution >= 0.6 is 0 Å². The van der Waals surface area contributed by atoms with Crippen molar-refractivity contribution in [3.8, 4) is 0 Å². The fraction of sp³-hybridized carbons (Fsp3) is 0.667. The number of piperazine rings is 1. The average Bonchev–Trinajstić information content (AvgIpc) is 2.98. The zero-order valence-corrected chi connectivity index (χ0v) is 16.8. The Labute approximate surface area is 160 Å². The SMILES string of the molecule is CC(C)NC(=NCC1CCS(=O)(=O)C1)N1CCN(c2ncccc2F)CC1. The van der Waals surface area contributed by atoms with Crippen molar-refractivity contribution in [3.63, 3.8) is 0 Å². The van der Waals surface area contributed by atoms with E-state index in [1.54, 1.807) is 12.3 Å². The zero-order valence-electron chi connectivity index (χ0n) is 15.9. The summed E-state index contributed by atoms with van der Waals surface area (Å²) in [7, 11) is -2.89. The predicted molar refractivity (Wildman–Crippen MR) is 105 cm³/mol. The summed E-state index contributed by atoms with van der Waals surface area (Å²) < 4.78 is 37.2. The standard InChI is InChI=1S/C18H28FN5O2S/c1-14(2)22-18(21-12-15-5-11-27(25,26)13-15)24-9-7-23(8-10-24)17-16(19)4-3-6-20-17/h3-4,6,14-15H,5,7-13H2,1-2H3,(H,21,22). The van der Waals surface area contributed by atoms with Crippen molar-refractivity contribution in [1.82, 2.24) is 15.2 Å². The number of sulfone groups is 1. The second kappa shape index (κ2) is 8.41. The Hall–Kier alpha value is -1.90. The number of hydrogen-bond acceptors (Lipinski definition) is 5. The molecule has 2 saturated heterocycles. The van der Waals surface area contributed by atoms with E-state index in [1.165, 1.54) is 6.07 Å². The maximum absolute atomic E-state index is 14.0. The van der Waals surface area contributed by atoms with Gasteiger partial charge in [-0.25, -0.2) is 17.8 Å². The molecule has 150 valence electrons. The van der Waals surface area contributed by atoms with Gasteiger partial charge in [-0.15, -0.1) is 0 Å². The quantitative estimate of drug-likeness (QED) is 0.606. The minimum atomic E-state index is -2.89. The molecule has 7 nitrogen and oxygen atoms in total. The molecule has 1 aromatic rings. The predicted octanol–water partition coefficient (Wildman–Crippen LogP) is 1.13. The largest absolute Gasteiger partial charge is 0.354 e. The summed E-state index contributed by atoms with van der Waals surface area (Å²) in [5.74, 6) is 1.50. The van der Waals surface area contributed by atoms with Crippen molar-refractivity contribution in [1.29, 1.82) is 0 Å². The molecular weight excluding hydrogens is 369 g/mol. The zero-order chi connectivity index (χ0) is 19.4. The van der Waals surface area contributed by atoms with Crippen LogP contribution in [0.3, 0.4) is 0 Å². The van der Waals surface area contributed by atoms with Gasteiger partial charge >= 0.3 is 0 Å². The van der Waals surface area contributed by atoms with Crippen molar-refractivity contribution >= 4 is 21.6 Å². The fourth-order valence-electron chi connectivity index (χ4n) is 3.47. The smallest absolute Gasteiger partial charge is 0.194 e. The Morgan fingerprint density at radius 3 is 2.70 bits per heavy atom.